The first-order valence-corrected chi connectivity index (χ1v) is 5.80. The van der Waals surface area contributed by atoms with Gasteiger partial charge in [-0.3, -0.25) is 10.1 Å². The molecular formula is C14H13NO5. The van der Waals surface area contributed by atoms with Gasteiger partial charge in [0, 0.05) is 18.6 Å². The number of unbranched alkanes of at least 4 members (excludes halogenated alkanes) is 1. The van der Waals surface area contributed by atoms with Gasteiger partial charge in [-0.1, -0.05) is 6.07 Å². The molecule has 104 valence electrons. The van der Waals surface area contributed by atoms with Gasteiger partial charge in [-0.2, -0.15) is 0 Å². The van der Waals surface area contributed by atoms with E-state index in [1.54, 1.807) is 6.07 Å². The van der Waals surface area contributed by atoms with E-state index in [9.17, 15) is 14.9 Å². The third-order valence-corrected chi connectivity index (χ3v) is 2.32. The maximum absolute atomic E-state index is 11.0. The van der Waals surface area contributed by atoms with Gasteiger partial charge in [0.05, 0.1) is 11.5 Å². The van der Waals surface area contributed by atoms with Crippen molar-refractivity contribution in [1.82, 2.24) is 0 Å². The fraction of sp³-hybridized carbons (Fsp3) is 0.214. The van der Waals surface area contributed by atoms with Crippen LogP contribution in [0.25, 0.3) is 6.08 Å². The first-order chi connectivity index (χ1) is 9.54. The molecule has 20 heavy (non-hydrogen) atoms. The van der Waals surface area contributed by atoms with Gasteiger partial charge in [-0.15, -0.1) is 12.3 Å². The van der Waals surface area contributed by atoms with E-state index >= 15 is 0 Å². The fourth-order valence-electron chi connectivity index (χ4n) is 1.43. The van der Waals surface area contributed by atoms with Gasteiger partial charge >= 0.3 is 11.7 Å². The number of hydrogen-bond donors (Lipinski definition) is 1. The number of terminal acetylenes is 1. The zero-order valence-electron chi connectivity index (χ0n) is 10.6. The Morgan fingerprint density at radius 1 is 1.55 bits per heavy atom. The molecular weight excluding hydrogens is 262 g/mol. The van der Waals surface area contributed by atoms with Crippen molar-refractivity contribution in [3.63, 3.8) is 0 Å². The summed E-state index contributed by atoms with van der Waals surface area (Å²) in [6.45, 7) is 0.287. The first-order valence-electron chi connectivity index (χ1n) is 5.80. The minimum absolute atomic E-state index is 0.138. The number of carbonyl (C=O) groups is 1. The molecule has 0 amide bonds. The smallest absolute Gasteiger partial charge is 0.328 e. The second kappa shape index (κ2) is 7.59. The van der Waals surface area contributed by atoms with Crippen molar-refractivity contribution in [3.05, 3.63) is 40.0 Å². The summed E-state index contributed by atoms with van der Waals surface area (Å²) in [5, 5.41) is 19.5. The first kappa shape index (κ1) is 15.2. The molecule has 0 heterocycles. The molecule has 0 spiro atoms. The summed E-state index contributed by atoms with van der Waals surface area (Å²) in [5.74, 6) is 1.46. The Kier molecular flexibility index (Phi) is 5.78. The second-order valence-corrected chi connectivity index (χ2v) is 3.81. The molecule has 1 aromatic rings. The predicted molar refractivity (Wildman–Crippen MR) is 73.3 cm³/mol. The van der Waals surface area contributed by atoms with Gasteiger partial charge in [-0.25, -0.2) is 4.79 Å². The number of nitro benzene ring substituents is 1. The highest BCUT2D eigenvalue weighted by atomic mass is 16.6. The van der Waals surface area contributed by atoms with E-state index in [0.29, 0.717) is 18.4 Å². The summed E-state index contributed by atoms with van der Waals surface area (Å²) >= 11 is 0. The van der Waals surface area contributed by atoms with Crippen LogP contribution in [0.1, 0.15) is 18.4 Å². The molecule has 6 heteroatoms. The molecule has 0 saturated heterocycles. The fourth-order valence-corrected chi connectivity index (χ4v) is 1.43. The van der Waals surface area contributed by atoms with Crippen LogP contribution in [0.4, 0.5) is 5.69 Å². The summed E-state index contributed by atoms with van der Waals surface area (Å²) in [5.41, 5.74) is 0.202. The Bertz CT molecular complexity index is 571. The molecule has 0 unspecified atom stereocenters. The van der Waals surface area contributed by atoms with E-state index in [2.05, 4.69) is 5.92 Å². The molecule has 1 N–H and O–H groups in total. The second-order valence-electron chi connectivity index (χ2n) is 3.81. The number of benzene rings is 1. The molecule has 0 bridgehead atoms. The van der Waals surface area contributed by atoms with Crippen LogP contribution in [0.5, 0.6) is 5.75 Å². The predicted octanol–water partition coefficient (Wildman–Crippen LogP) is 2.48. The Morgan fingerprint density at radius 2 is 2.30 bits per heavy atom. The Morgan fingerprint density at radius 3 is 2.90 bits per heavy atom. The quantitative estimate of drug-likeness (QED) is 0.271. The van der Waals surface area contributed by atoms with Gasteiger partial charge in [0.25, 0.3) is 0 Å². The molecule has 1 rings (SSSR count). The number of aliphatic carboxylic acids is 1. The van der Waals surface area contributed by atoms with Crippen molar-refractivity contribution in [2.45, 2.75) is 12.8 Å². The lowest BCUT2D eigenvalue weighted by atomic mass is 10.1. The Labute approximate surface area is 115 Å². The van der Waals surface area contributed by atoms with Crippen molar-refractivity contribution in [1.29, 1.82) is 0 Å². The van der Waals surface area contributed by atoms with Crippen LogP contribution in [0.15, 0.2) is 24.3 Å². The molecule has 0 atom stereocenters. The van der Waals surface area contributed by atoms with Gasteiger partial charge in [-0.05, 0) is 24.1 Å². The highest BCUT2D eigenvalue weighted by Crippen LogP contribution is 2.28. The van der Waals surface area contributed by atoms with Crippen molar-refractivity contribution < 1.29 is 19.6 Å². The molecule has 1 aromatic carbocycles. The van der Waals surface area contributed by atoms with E-state index < -0.39 is 10.9 Å². The van der Waals surface area contributed by atoms with Crippen molar-refractivity contribution >= 4 is 17.7 Å². The van der Waals surface area contributed by atoms with Crippen LogP contribution in [0, 0.1) is 22.5 Å². The van der Waals surface area contributed by atoms with Crippen LogP contribution < -0.4 is 4.74 Å². The van der Waals surface area contributed by atoms with Crippen LogP contribution >= 0.6 is 0 Å². The highest BCUT2D eigenvalue weighted by molar-refractivity contribution is 5.85. The lowest BCUT2D eigenvalue weighted by molar-refractivity contribution is -0.385. The highest BCUT2D eigenvalue weighted by Gasteiger charge is 2.15. The molecule has 0 aliphatic rings. The van der Waals surface area contributed by atoms with Crippen LogP contribution in [0.3, 0.4) is 0 Å². The van der Waals surface area contributed by atoms with Crippen molar-refractivity contribution in [2.75, 3.05) is 6.61 Å². The lowest BCUT2D eigenvalue weighted by Crippen LogP contribution is -2.00. The molecule has 6 nitrogen and oxygen atoms in total. The van der Waals surface area contributed by atoms with Crippen molar-refractivity contribution in [2.24, 2.45) is 0 Å². The number of nitrogens with zero attached hydrogens (tertiary/aromatic N) is 1. The van der Waals surface area contributed by atoms with E-state index in [-0.39, 0.29) is 18.0 Å². The Hall–Kier alpha value is -2.81. The van der Waals surface area contributed by atoms with Crippen LogP contribution in [-0.4, -0.2) is 22.6 Å². The monoisotopic (exact) mass is 275 g/mol. The third-order valence-electron chi connectivity index (χ3n) is 2.32. The molecule has 0 aromatic heterocycles. The SMILES string of the molecule is C#CCCCOc1ccc(/C=C/C(=O)O)cc1[N+](=O)[O-]. The van der Waals surface area contributed by atoms with Gasteiger partial charge in [0.1, 0.15) is 0 Å². The number of carboxylic acids is 1. The molecule has 0 aliphatic carbocycles. The number of rotatable bonds is 7. The number of ether oxygens (including phenoxy) is 1. The summed E-state index contributed by atoms with van der Waals surface area (Å²) < 4.78 is 5.30. The maximum atomic E-state index is 11.0. The average molecular weight is 275 g/mol. The topological polar surface area (TPSA) is 89.7 Å². The summed E-state index contributed by atoms with van der Waals surface area (Å²) in [6.07, 6.45) is 8.42. The van der Waals surface area contributed by atoms with Crippen LogP contribution in [-0.2, 0) is 4.79 Å². The van der Waals surface area contributed by atoms with Crippen molar-refractivity contribution in [3.8, 4) is 18.1 Å². The van der Waals surface area contributed by atoms with Gasteiger partial charge in [0.2, 0.25) is 0 Å². The normalized spacial score (nSPS) is 10.2. The standard InChI is InChI=1S/C14H13NO5/c1-2-3-4-9-20-13-7-5-11(6-8-14(16)17)10-12(13)15(18)19/h1,5-8,10H,3-4,9H2,(H,16,17)/b8-6+. The van der Waals surface area contributed by atoms with E-state index in [0.717, 1.165) is 6.08 Å². The van der Waals surface area contributed by atoms with Crippen LogP contribution in [0.2, 0.25) is 0 Å². The number of carboxylic acid groups (broad SMARTS) is 1. The van der Waals surface area contributed by atoms with Gasteiger partial charge in [0.15, 0.2) is 5.75 Å². The zero-order chi connectivity index (χ0) is 15.0. The number of nitro groups is 1. The lowest BCUT2D eigenvalue weighted by Gasteiger charge is -2.06. The summed E-state index contributed by atoms with van der Waals surface area (Å²) in [4.78, 5) is 20.8. The molecule has 0 saturated carbocycles. The third kappa shape index (κ3) is 4.82. The molecule has 0 aliphatic heterocycles. The maximum Gasteiger partial charge on any atom is 0.328 e. The summed E-state index contributed by atoms with van der Waals surface area (Å²) in [6, 6.07) is 4.24. The molecule has 0 radical (unpaired) electrons. The minimum atomic E-state index is -1.12. The largest absolute Gasteiger partial charge is 0.487 e. The molecule has 0 fully saturated rings. The van der Waals surface area contributed by atoms with E-state index in [4.69, 9.17) is 16.3 Å². The van der Waals surface area contributed by atoms with E-state index in [1.165, 1.54) is 18.2 Å². The summed E-state index contributed by atoms with van der Waals surface area (Å²) in [7, 11) is 0. The average Bonchev–Trinajstić information content (AvgIpc) is 2.41. The minimum Gasteiger partial charge on any atom is -0.487 e. The van der Waals surface area contributed by atoms with Gasteiger partial charge < -0.3 is 9.84 Å². The number of hydrogen-bond acceptors (Lipinski definition) is 4. The zero-order valence-corrected chi connectivity index (χ0v) is 10.6. The Balaban J connectivity index is 2.88. The van der Waals surface area contributed by atoms with E-state index in [1.807, 2.05) is 0 Å².